The molecule has 0 atom stereocenters. The van der Waals surface area contributed by atoms with E-state index in [4.69, 9.17) is 4.74 Å². The summed E-state index contributed by atoms with van der Waals surface area (Å²) in [5.74, 6) is 0.410. The zero-order valence-corrected chi connectivity index (χ0v) is 14.1. The monoisotopic (exact) mass is 313 g/mol. The molecular weight excluding hydrogens is 290 g/mol. The lowest BCUT2D eigenvalue weighted by molar-refractivity contribution is -0.148. The van der Waals surface area contributed by atoms with E-state index in [9.17, 15) is 9.59 Å². The highest BCUT2D eigenvalue weighted by atomic mass is 16.5. The summed E-state index contributed by atoms with van der Waals surface area (Å²) >= 11 is 0. The Kier molecular flexibility index (Phi) is 5.04. The van der Waals surface area contributed by atoms with Crippen LogP contribution in [-0.2, 0) is 14.3 Å². The van der Waals surface area contributed by atoms with E-state index in [2.05, 4.69) is 0 Å². The van der Waals surface area contributed by atoms with Crippen molar-refractivity contribution in [1.82, 2.24) is 4.90 Å². The van der Waals surface area contributed by atoms with Crippen LogP contribution in [0.3, 0.4) is 0 Å². The predicted octanol–water partition coefficient (Wildman–Crippen LogP) is 3.55. The topological polar surface area (TPSA) is 46.6 Å². The third-order valence-corrected chi connectivity index (χ3v) is 4.18. The molecule has 122 valence electrons. The van der Waals surface area contributed by atoms with Crippen molar-refractivity contribution in [2.45, 2.75) is 39.7 Å². The summed E-state index contributed by atoms with van der Waals surface area (Å²) < 4.78 is 5.68. The third-order valence-electron chi connectivity index (χ3n) is 4.18. The molecule has 0 spiro atoms. The first kappa shape index (κ1) is 17.0. The van der Waals surface area contributed by atoms with Gasteiger partial charge in [-0.2, -0.15) is 0 Å². The van der Waals surface area contributed by atoms with E-state index in [0.717, 1.165) is 5.56 Å². The molecule has 2 rings (SSSR count). The number of benzene rings is 1. The first-order chi connectivity index (χ1) is 10.9. The van der Waals surface area contributed by atoms with Crippen molar-refractivity contribution in [3.05, 3.63) is 53.8 Å². The number of nitrogens with zero attached hydrogens (tertiary/aromatic N) is 1. The maximum Gasteiger partial charge on any atom is 0.261 e. The minimum atomic E-state index is -0.919. The van der Waals surface area contributed by atoms with Crippen molar-refractivity contribution < 1.29 is 14.3 Å². The number of amides is 1. The Hall–Kier alpha value is -2.36. The van der Waals surface area contributed by atoms with Crippen LogP contribution in [0.2, 0.25) is 0 Å². The smallest absolute Gasteiger partial charge is 0.261 e. The Morgan fingerprint density at radius 2 is 1.96 bits per heavy atom. The van der Waals surface area contributed by atoms with E-state index >= 15 is 0 Å². The maximum absolute atomic E-state index is 13.0. The number of Topliss-reactive ketones (excluding diaryl/α,β-unsaturated/α-hetero) is 1. The van der Waals surface area contributed by atoms with Crippen LogP contribution >= 0.6 is 0 Å². The van der Waals surface area contributed by atoms with E-state index in [1.807, 2.05) is 43.3 Å². The molecule has 1 aromatic carbocycles. The van der Waals surface area contributed by atoms with Crippen molar-refractivity contribution in [2.24, 2.45) is 0 Å². The molecule has 1 aliphatic heterocycles. The van der Waals surface area contributed by atoms with Crippen LogP contribution in [0.15, 0.2) is 48.2 Å². The molecular formula is C19H23NO3. The highest BCUT2D eigenvalue weighted by Crippen LogP contribution is 2.31. The highest BCUT2D eigenvalue weighted by molar-refractivity contribution is 6.21. The molecule has 4 heteroatoms. The average Bonchev–Trinajstić information content (AvgIpc) is 2.53. The number of hydrogen-bond donors (Lipinski definition) is 0. The average molecular weight is 313 g/mol. The maximum atomic E-state index is 13.0. The summed E-state index contributed by atoms with van der Waals surface area (Å²) in [5, 5.41) is 0. The van der Waals surface area contributed by atoms with Gasteiger partial charge in [-0.1, -0.05) is 42.5 Å². The molecule has 23 heavy (non-hydrogen) atoms. The van der Waals surface area contributed by atoms with Gasteiger partial charge < -0.3 is 4.74 Å². The fourth-order valence-corrected chi connectivity index (χ4v) is 2.55. The first-order valence-electron chi connectivity index (χ1n) is 7.75. The number of ketones is 1. The van der Waals surface area contributed by atoms with Crippen LogP contribution in [0, 0.1) is 0 Å². The predicted molar refractivity (Wildman–Crippen MR) is 90.4 cm³/mol. The quantitative estimate of drug-likeness (QED) is 0.781. The second kappa shape index (κ2) is 6.82. The van der Waals surface area contributed by atoms with Gasteiger partial charge in [0.1, 0.15) is 5.76 Å². The lowest BCUT2D eigenvalue weighted by atomic mass is 9.92. The standard InChI is InChI=1S/C19H23NO3/c1-5-6-12-16(21)19(3,4)20-13-23-14(2)17(18(20)22)15-10-8-7-9-11-15/h5-11H,12-13H2,1-4H3. The van der Waals surface area contributed by atoms with Crippen LogP contribution in [0.1, 0.15) is 39.7 Å². The second-order valence-corrected chi connectivity index (χ2v) is 6.06. The minimum absolute atomic E-state index is 0.0143. The highest BCUT2D eigenvalue weighted by Gasteiger charge is 2.41. The van der Waals surface area contributed by atoms with Crippen molar-refractivity contribution >= 4 is 17.3 Å². The van der Waals surface area contributed by atoms with E-state index < -0.39 is 5.54 Å². The molecule has 0 aromatic heterocycles. The molecule has 1 heterocycles. The van der Waals surface area contributed by atoms with E-state index in [-0.39, 0.29) is 18.4 Å². The van der Waals surface area contributed by atoms with Crippen LogP contribution in [0.25, 0.3) is 5.57 Å². The van der Waals surface area contributed by atoms with Crippen LogP contribution in [0.5, 0.6) is 0 Å². The van der Waals surface area contributed by atoms with Crippen molar-refractivity contribution in [3.63, 3.8) is 0 Å². The molecule has 0 saturated carbocycles. The normalized spacial score (nSPS) is 16.0. The SMILES string of the molecule is CC=CCC(=O)C(C)(C)N1COC(C)=C(c2ccccc2)C1=O. The van der Waals surface area contributed by atoms with Gasteiger partial charge in [-0.3, -0.25) is 14.5 Å². The third kappa shape index (κ3) is 3.36. The molecule has 0 bridgehead atoms. The number of hydrogen-bond acceptors (Lipinski definition) is 3. The molecule has 4 nitrogen and oxygen atoms in total. The van der Waals surface area contributed by atoms with Gasteiger partial charge in [0, 0.05) is 6.42 Å². The fourth-order valence-electron chi connectivity index (χ4n) is 2.55. The van der Waals surface area contributed by atoms with E-state index in [0.29, 0.717) is 17.8 Å². The summed E-state index contributed by atoms with van der Waals surface area (Å²) in [7, 11) is 0. The molecule has 0 aliphatic carbocycles. The van der Waals surface area contributed by atoms with Crippen LogP contribution in [0.4, 0.5) is 0 Å². The van der Waals surface area contributed by atoms with E-state index in [1.54, 1.807) is 26.8 Å². The van der Waals surface area contributed by atoms with Gasteiger partial charge in [-0.05, 0) is 33.3 Å². The number of carbonyl (C=O) groups is 2. The summed E-state index contributed by atoms with van der Waals surface area (Å²) in [6.07, 6.45) is 3.94. The number of carbonyl (C=O) groups excluding carboxylic acids is 2. The van der Waals surface area contributed by atoms with Gasteiger partial charge in [0.15, 0.2) is 12.5 Å². The van der Waals surface area contributed by atoms with Crippen molar-refractivity contribution in [2.75, 3.05) is 6.73 Å². The van der Waals surface area contributed by atoms with Gasteiger partial charge in [0.05, 0.1) is 11.1 Å². The number of allylic oxidation sites excluding steroid dienone is 3. The Morgan fingerprint density at radius 3 is 2.57 bits per heavy atom. The zero-order valence-electron chi connectivity index (χ0n) is 14.1. The summed E-state index contributed by atoms with van der Waals surface area (Å²) in [6, 6.07) is 9.40. The van der Waals surface area contributed by atoms with Crippen LogP contribution < -0.4 is 0 Å². The fraction of sp³-hybridized carbons (Fsp3) is 0.368. The molecule has 0 N–H and O–H groups in total. The molecule has 1 aliphatic rings. The first-order valence-corrected chi connectivity index (χ1v) is 7.75. The van der Waals surface area contributed by atoms with Crippen LogP contribution in [-0.4, -0.2) is 28.9 Å². The zero-order chi connectivity index (χ0) is 17.0. The molecule has 0 unspecified atom stereocenters. The Balaban J connectivity index is 2.34. The van der Waals surface area contributed by atoms with Crippen molar-refractivity contribution in [1.29, 1.82) is 0 Å². The van der Waals surface area contributed by atoms with Gasteiger partial charge in [-0.15, -0.1) is 0 Å². The van der Waals surface area contributed by atoms with Gasteiger partial charge >= 0.3 is 0 Å². The molecule has 0 fully saturated rings. The summed E-state index contributed by atoms with van der Waals surface area (Å²) in [6.45, 7) is 7.28. The second-order valence-electron chi connectivity index (χ2n) is 6.06. The van der Waals surface area contributed by atoms with E-state index in [1.165, 1.54) is 4.90 Å². The minimum Gasteiger partial charge on any atom is -0.477 e. The number of rotatable bonds is 5. The molecule has 0 saturated heterocycles. The van der Waals surface area contributed by atoms with Crippen molar-refractivity contribution in [3.8, 4) is 0 Å². The number of ether oxygens (including phenoxy) is 1. The van der Waals surface area contributed by atoms with Gasteiger partial charge in [-0.25, -0.2) is 0 Å². The molecule has 1 aromatic rings. The Morgan fingerprint density at radius 1 is 1.30 bits per heavy atom. The van der Waals surface area contributed by atoms with Gasteiger partial charge in [0.25, 0.3) is 5.91 Å². The summed E-state index contributed by atoms with van der Waals surface area (Å²) in [4.78, 5) is 27.0. The van der Waals surface area contributed by atoms with Gasteiger partial charge in [0.2, 0.25) is 0 Å². The lowest BCUT2D eigenvalue weighted by Gasteiger charge is -2.40. The largest absolute Gasteiger partial charge is 0.477 e. The Labute approximate surface area is 137 Å². The molecule has 1 amide bonds. The summed E-state index contributed by atoms with van der Waals surface area (Å²) in [5.41, 5.74) is 0.400. The molecule has 0 radical (unpaired) electrons. The Bertz CT molecular complexity index is 656. The lowest BCUT2D eigenvalue weighted by Crippen LogP contribution is -2.55.